The molecule has 2 aliphatic heterocycles. The van der Waals surface area contributed by atoms with E-state index >= 15 is 0 Å². The third-order valence-corrected chi connectivity index (χ3v) is 5.42. The van der Waals surface area contributed by atoms with Gasteiger partial charge in [0.05, 0.1) is 17.9 Å². The van der Waals surface area contributed by atoms with Crippen LogP contribution in [0.3, 0.4) is 0 Å². The molecular weight excluding hydrogens is 368 g/mol. The van der Waals surface area contributed by atoms with Crippen molar-refractivity contribution in [2.45, 2.75) is 91.8 Å². The highest BCUT2D eigenvalue weighted by Crippen LogP contribution is 2.27. The summed E-state index contributed by atoms with van der Waals surface area (Å²) in [6.45, 7) is 13.7. The molecule has 0 radical (unpaired) electrons. The normalized spacial score (nSPS) is 19.2. The Hall–Kier alpha value is -1.76. The van der Waals surface area contributed by atoms with Gasteiger partial charge in [0, 0.05) is 17.7 Å². The van der Waals surface area contributed by atoms with E-state index in [0.29, 0.717) is 12.2 Å². The molecule has 1 aromatic rings. The van der Waals surface area contributed by atoms with E-state index in [1.165, 1.54) is 62.6 Å². The lowest BCUT2D eigenvalue weighted by Crippen LogP contribution is -2.25. The van der Waals surface area contributed by atoms with Crippen LogP contribution >= 0.6 is 0 Å². The van der Waals surface area contributed by atoms with E-state index < -0.39 is 0 Å². The van der Waals surface area contributed by atoms with Crippen LogP contribution in [0.15, 0.2) is 18.2 Å². The maximum absolute atomic E-state index is 5.89. The van der Waals surface area contributed by atoms with Crippen molar-refractivity contribution in [2.75, 3.05) is 25.0 Å². The van der Waals surface area contributed by atoms with Crippen LogP contribution in [0.5, 0.6) is 0 Å². The van der Waals surface area contributed by atoms with E-state index in [0.717, 1.165) is 24.3 Å². The van der Waals surface area contributed by atoms with Crippen molar-refractivity contribution in [1.29, 1.82) is 0 Å². The van der Waals surface area contributed by atoms with Crippen LogP contribution < -0.4 is 10.6 Å². The fraction of sp³-hybridized carbons (Fsp3) is 0.630. The van der Waals surface area contributed by atoms with E-state index in [1.54, 1.807) is 0 Å². The zero-order valence-electron chi connectivity index (χ0n) is 20.0. The van der Waals surface area contributed by atoms with Crippen molar-refractivity contribution in [3.05, 3.63) is 34.9 Å². The molecule has 2 aliphatic rings. The van der Waals surface area contributed by atoms with Gasteiger partial charge in [-0.3, -0.25) is 0 Å². The van der Waals surface area contributed by atoms with Gasteiger partial charge in [-0.1, -0.05) is 44.9 Å². The van der Waals surface area contributed by atoms with E-state index in [4.69, 9.17) is 11.2 Å². The number of hydrogen-bond acceptors (Lipinski definition) is 3. The molecule has 3 nitrogen and oxygen atoms in total. The van der Waals surface area contributed by atoms with E-state index in [2.05, 4.69) is 55.5 Å². The van der Waals surface area contributed by atoms with Crippen molar-refractivity contribution in [3.63, 3.8) is 0 Å². The highest BCUT2D eigenvalue weighted by molar-refractivity contribution is 5.77. The van der Waals surface area contributed by atoms with Gasteiger partial charge in [0.15, 0.2) is 0 Å². The van der Waals surface area contributed by atoms with Gasteiger partial charge >= 0.3 is 0 Å². The van der Waals surface area contributed by atoms with Gasteiger partial charge in [0.2, 0.25) is 0 Å². The molecule has 168 valence electrons. The predicted octanol–water partition coefficient (Wildman–Crippen LogP) is 6.56. The molecule has 30 heavy (non-hydrogen) atoms. The summed E-state index contributed by atoms with van der Waals surface area (Å²) in [4.78, 5) is 0. The molecule has 1 saturated heterocycles. The average molecular weight is 413 g/mol. The highest BCUT2D eigenvalue weighted by atomic mass is 16.5. The Bertz CT molecular complexity index is 660. The second-order valence-electron chi connectivity index (χ2n) is 7.89. The van der Waals surface area contributed by atoms with Gasteiger partial charge in [-0.05, 0) is 83.5 Å². The first-order valence-electron chi connectivity index (χ1n) is 12.0. The first kappa shape index (κ1) is 26.3. The summed E-state index contributed by atoms with van der Waals surface area (Å²) < 4.78 is 5.89. The minimum atomic E-state index is 0.502. The van der Waals surface area contributed by atoms with Crippen molar-refractivity contribution in [3.8, 4) is 12.3 Å². The van der Waals surface area contributed by atoms with Crippen LogP contribution in [-0.4, -0.2) is 31.8 Å². The summed E-state index contributed by atoms with van der Waals surface area (Å²) in [5.41, 5.74) is 4.54. The van der Waals surface area contributed by atoms with Crippen LogP contribution in [0.2, 0.25) is 0 Å². The number of unbranched alkanes of at least 4 members (excludes halogenated alkanes) is 1. The topological polar surface area (TPSA) is 33.3 Å². The lowest BCUT2D eigenvalue weighted by Gasteiger charge is -2.27. The van der Waals surface area contributed by atoms with Gasteiger partial charge in [-0.25, -0.2) is 0 Å². The molecule has 0 aliphatic carbocycles. The van der Waals surface area contributed by atoms with Crippen LogP contribution in [0.25, 0.3) is 6.08 Å². The SMILES string of the molecule is C#Cc1ccc(C)c2c1NCC=C2.CC.CCCNCCCCC1CCCC(C)O1. The second-order valence-corrected chi connectivity index (χ2v) is 7.89. The Morgan fingerprint density at radius 2 is 2.00 bits per heavy atom. The number of rotatable bonds is 7. The number of anilines is 1. The Labute approximate surface area is 186 Å². The Morgan fingerprint density at radius 3 is 2.70 bits per heavy atom. The van der Waals surface area contributed by atoms with E-state index in [9.17, 15) is 0 Å². The van der Waals surface area contributed by atoms with Gasteiger partial charge in [-0.2, -0.15) is 0 Å². The van der Waals surface area contributed by atoms with Crippen molar-refractivity contribution in [1.82, 2.24) is 5.32 Å². The quantitative estimate of drug-likeness (QED) is 0.393. The van der Waals surface area contributed by atoms with Crippen LogP contribution in [-0.2, 0) is 4.74 Å². The Morgan fingerprint density at radius 1 is 1.20 bits per heavy atom. The summed E-state index contributed by atoms with van der Waals surface area (Å²) in [6.07, 6.45) is 19.7. The fourth-order valence-corrected chi connectivity index (χ4v) is 3.82. The minimum Gasteiger partial charge on any atom is -0.380 e. The summed E-state index contributed by atoms with van der Waals surface area (Å²) >= 11 is 0. The average Bonchev–Trinajstić information content (AvgIpc) is 2.79. The molecule has 0 spiro atoms. The maximum Gasteiger partial charge on any atom is 0.0578 e. The Kier molecular flexibility index (Phi) is 14.0. The molecule has 2 atom stereocenters. The molecule has 2 N–H and O–H groups in total. The smallest absolute Gasteiger partial charge is 0.0578 e. The number of aryl methyl sites for hydroxylation is 1. The monoisotopic (exact) mass is 412 g/mol. The molecule has 3 heteroatoms. The molecule has 0 saturated carbocycles. The summed E-state index contributed by atoms with van der Waals surface area (Å²) in [5.74, 6) is 2.69. The summed E-state index contributed by atoms with van der Waals surface area (Å²) in [5, 5.41) is 6.73. The van der Waals surface area contributed by atoms with Crippen LogP contribution in [0, 0.1) is 19.3 Å². The largest absolute Gasteiger partial charge is 0.380 e. The Balaban J connectivity index is 0.000000279. The summed E-state index contributed by atoms with van der Waals surface area (Å²) in [6, 6.07) is 4.05. The van der Waals surface area contributed by atoms with Gasteiger partial charge in [-0.15, -0.1) is 6.42 Å². The second kappa shape index (κ2) is 16.0. The highest BCUT2D eigenvalue weighted by Gasteiger charge is 2.18. The number of nitrogens with one attached hydrogen (secondary N) is 2. The molecule has 1 fully saturated rings. The molecule has 3 rings (SSSR count). The number of fused-ring (bicyclic) bond motifs is 1. The van der Waals surface area contributed by atoms with Crippen molar-refractivity contribution < 1.29 is 4.74 Å². The van der Waals surface area contributed by atoms with Crippen LogP contribution in [0.4, 0.5) is 5.69 Å². The number of terminal acetylenes is 1. The predicted molar refractivity (Wildman–Crippen MR) is 133 cm³/mol. The number of hydrogen-bond donors (Lipinski definition) is 2. The molecule has 2 heterocycles. The molecule has 0 bridgehead atoms. The first-order valence-corrected chi connectivity index (χ1v) is 12.0. The van der Waals surface area contributed by atoms with Gasteiger partial charge < -0.3 is 15.4 Å². The van der Waals surface area contributed by atoms with E-state index in [-0.39, 0.29) is 0 Å². The fourth-order valence-electron chi connectivity index (χ4n) is 3.82. The molecule has 0 amide bonds. The van der Waals surface area contributed by atoms with Gasteiger partial charge in [0.1, 0.15) is 0 Å². The van der Waals surface area contributed by atoms with Gasteiger partial charge in [0.25, 0.3) is 0 Å². The third kappa shape index (κ3) is 9.37. The molecule has 1 aromatic carbocycles. The van der Waals surface area contributed by atoms with Crippen molar-refractivity contribution >= 4 is 11.8 Å². The third-order valence-electron chi connectivity index (χ3n) is 5.42. The van der Waals surface area contributed by atoms with Crippen molar-refractivity contribution in [2.24, 2.45) is 0 Å². The molecular formula is C27H44N2O. The lowest BCUT2D eigenvalue weighted by atomic mass is 9.99. The maximum atomic E-state index is 5.89. The number of benzene rings is 1. The van der Waals surface area contributed by atoms with E-state index in [1.807, 2.05) is 19.9 Å². The number of ether oxygens (including phenoxy) is 1. The molecule has 2 unspecified atom stereocenters. The first-order chi connectivity index (χ1) is 14.7. The standard InChI is InChI=1S/C13H27NO.C12H11N.C2H6/c1-3-10-14-11-5-4-8-13-9-6-7-12(2)15-13;1-3-10-7-6-9(2)11-5-4-8-13-12(10)11;1-2/h12-14H,3-11H2,1-2H3;1,4-7,13H,8H2,2H3;1-2H3. The zero-order chi connectivity index (χ0) is 22.2. The molecule has 0 aromatic heterocycles. The lowest BCUT2D eigenvalue weighted by molar-refractivity contribution is -0.0440. The zero-order valence-corrected chi connectivity index (χ0v) is 20.0. The summed E-state index contributed by atoms with van der Waals surface area (Å²) in [7, 11) is 0. The minimum absolute atomic E-state index is 0.502. The van der Waals surface area contributed by atoms with Crippen LogP contribution in [0.1, 0.15) is 89.3 Å².